The van der Waals surface area contributed by atoms with Crippen molar-refractivity contribution in [1.29, 1.82) is 0 Å². The van der Waals surface area contributed by atoms with Crippen molar-refractivity contribution in [3.63, 3.8) is 0 Å². The molecule has 0 bridgehead atoms. The average Bonchev–Trinajstić information content (AvgIpc) is 2.80. The van der Waals surface area contributed by atoms with E-state index in [1.807, 2.05) is 19.9 Å². The lowest BCUT2D eigenvalue weighted by atomic mass is 9.96. The number of carbonyl (C=O) groups is 1. The number of esters is 1. The molecule has 0 amide bonds. The Kier molecular flexibility index (Phi) is 6.55. The molecule has 2 atom stereocenters. The van der Waals surface area contributed by atoms with Gasteiger partial charge < -0.3 is 14.8 Å². The minimum absolute atomic E-state index is 0.0298. The minimum atomic E-state index is -3.60. The third-order valence-corrected chi connectivity index (χ3v) is 6.58. The quantitative estimate of drug-likeness (QED) is 0.412. The number of hydrogen-bond donors (Lipinski definition) is 1. The van der Waals surface area contributed by atoms with Crippen LogP contribution in [-0.2, 0) is 19.3 Å². The summed E-state index contributed by atoms with van der Waals surface area (Å²) in [7, 11) is -3.60. The van der Waals surface area contributed by atoms with Crippen LogP contribution in [0.15, 0.2) is 47.8 Å². The van der Waals surface area contributed by atoms with Crippen molar-refractivity contribution in [1.82, 2.24) is 15.0 Å². The number of carbonyl (C=O) groups excluding carboxylic acids is 1. The third kappa shape index (κ3) is 5.51. The Labute approximate surface area is 198 Å². The first kappa shape index (κ1) is 24.0. The van der Waals surface area contributed by atoms with E-state index in [2.05, 4.69) is 20.3 Å². The van der Waals surface area contributed by atoms with Gasteiger partial charge in [0.05, 0.1) is 29.5 Å². The van der Waals surface area contributed by atoms with Gasteiger partial charge >= 0.3 is 5.97 Å². The Morgan fingerprint density at radius 3 is 2.62 bits per heavy atom. The van der Waals surface area contributed by atoms with E-state index in [0.29, 0.717) is 34.6 Å². The lowest BCUT2D eigenvalue weighted by Gasteiger charge is -2.35. The van der Waals surface area contributed by atoms with E-state index < -0.39 is 21.9 Å². The Morgan fingerprint density at radius 2 is 1.97 bits per heavy atom. The van der Waals surface area contributed by atoms with Crippen molar-refractivity contribution < 1.29 is 22.7 Å². The lowest BCUT2D eigenvalue weighted by Crippen LogP contribution is -2.40. The summed E-state index contributed by atoms with van der Waals surface area (Å²) in [6.45, 7) is 6.30. The van der Waals surface area contributed by atoms with Gasteiger partial charge in [0.25, 0.3) is 0 Å². The van der Waals surface area contributed by atoms with Gasteiger partial charge in [-0.3, -0.25) is 0 Å². The molecule has 34 heavy (non-hydrogen) atoms. The van der Waals surface area contributed by atoms with E-state index in [0.717, 1.165) is 19.1 Å². The maximum atomic E-state index is 12.5. The Balaban J connectivity index is 1.68. The third-order valence-electron chi connectivity index (χ3n) is 5.72. The zero-order chi connectivity index (χ0) is 24.5. The topological polar surface area (TPSA) is 120 Å². The molecule has 4 rings (SSSR count). The van der Waals surface area contributed by atoms with Crippen LogP contribution in [0.2, 0.25) is 0 Å². The highest BCUT2D eigenvalue weighted by atomic mass is 32.2. The molecular formula is C24H28N4O5S. The number of rotatable bonds is 6. The monoisotopic (exact) mass is 484 g/mol. The summed E-state index contributed by atoms with van der Waals surface area (Å²) in [5.74, 6) is -0.0631. The van der Waals surface area contributed by atoms with Gasteiger partial charge in [-0.05, 0) is 51.8 Å². The molecule has 0 radical (unpaired) electrons. The molecule has 0 spiro atoms. The lowest BCUT2D eigenvalue weighted by molar-refractivity contribution is -0.0563. The van der Waals surface area contributed by atoms with E-state index in [1.54, 1.807) is 37.3 Å². The van der Waals surface area contributed by atoms with E-state index in [9.17, 15) is 13.2 Å². The van der Waals surface area contributed by atoms with Gasteiger partial charge in [0.15, 0.2) is 5.82 Å². The van der Waals surface area contributed by atoms with E-state index in [4.69, 9.17) is 9.47 Å². The fourth-order valence-electron chi connectivity index (χ4n) is 3.71. The van der Waals surface area contributed by atoms with Crippen molar-refractivity contribution >= 4 is 32.5 Å². The molecular weight excluding hydrogens is 456 g/mol. The second kappa shape index (κ2) is 9.27. The van der Waals surface area contributed by atoms with Crippen LogP contribution in [0.1, 0.15) is 55.8 Å². The van der Waals surface area contributed by atoms with Crippen LogP contribution < -0.4 is 5.32 Å². The van der Waals surface area contributed by atoms with E-state index >= 15 is 0 Å². The SMILES string of the molecule is C[C@@H](OC(=O)c1ccccc1)c1cc2cnc(S(C)(=O)=O)nc2c(NC2CCC(C)(C)OC2)n1. The Hall–Kier alpha value is -3.11. The number of fused-ring (bicyclic) bond motifs is 1. The van der Waals surface area contributed by atoms with Gasteiger partial charge in [-0.1, -0.05) is 18.2 Å². The highest BCUT2D eigenvalue weighted by Gasteiger charge is 2.28. The maximum Gasteiger partial charge on any atom is 0.338 e. The standard InChI is InChI=1S/C24H28N4O5S/c1-15(33-22(29)16-8-6-5-7-9-16)19-12-17-13-25-23(34(4,30)31)28-20(17)21(27-19)26-18-10-11-24(2,3)32-14-18/h5-9,12-13,15,18H,10-11,14H2,1-4H3,(H,26,27)/t15-,18?/m1/s1. The number of benzene rings is 1. The summed E-state index contributed by atoms with van der Waals surface area (Å²) >= 11 is 0. The predicted octanol–water partition coefficient (Wildman–Crippen LogP) is 3.72. The Bertz CT molecular complexity index is 1300. The summed E-state index contributed by atoms with van der Waals surface area (Å²) in [6, 6.07) is 10.4. The fraction of sp³-hybridized carbons (Fsp3) is 0.417. The number of anilines is 1. The molecule has 1 saturated heterocycles. The molecule has 1 aliphatic rings. The molecule has 10 heteroatoms. The fourth-order valence-corrected chi connectivity index (χ4v) is 4.21. The summed E-state index contributed by atoms with van der Waals surface area (Å²) in [4.78, 5) is 25.5. The molecule has 1 aliphatic heterocycles. The first-order chi connectivity index (χ1) is 16.0. The molecule has 0 aliphatic carbocycles. The molecule has 3 aromatic rings. The van der Waals surface area contributed by atoms with Crippen molar-refractivity contribution in [3.8, 4) is 0 Å². The smallest absolute Gasteiger partial charge is 0.338 e. The van der Waals surface area contributed by atoms with Gasteiger partial charge in [0.2, 0.25) is 15.0 Å². The van der Waals surface area contributed by atoms with Crippen molar-refractivity contribution in [2.75, 3.05) is 18.2 Å². The molecule has 3 heterocycles. The van der Waals surface area contributed by atoms with Crippen LogP contribution in [0.4, 0.5) is 5.82 Å². The second-order valence-electron chi connectivity index (χ2n) is 9.12. The first-order valence-electron chi connectivity index (χ1n) is 11.1. The average molecular weight is 485 g/mol. The second-order valence-corrected chi connectivity index (χ2v) is 11.0. The molecule has 180 valence electrons. The number of pyridine rings is 1. The minimum Gasteiger partial charge on any atom is -0.453 e. The molecule has 1 N–H and O–H groups in total. The van der Waals surface area contributed by atoms with Crippen LogP contribution in [0.5, 0.6) is 0 Å². The normalized spacial score (nSPS) is 18.9. The molecule has 0 saturated carbocycles. The van der Waals surface area contributed by atoms with Crippen molar-refractivity contribution in [2.24, 2.45) is 0 Å². The number of ether oxygens (including phenoxy) is 2. The number of nitrogens with zero attached hydrogens (tertiary/aromatic N) is 3. The van der Waals surface area contributed by atoms with Crippen LogP contribution in [0.25, 0.3) is 10.9 Å². The summed E-state index contributed by atoms with van der Waals surface area (Å²) in [5.41, 5.74) is 1.12. The highest BCUT2D eigenvalue weighted by molar-refractivity contribution is 7.90. The number of hydrogen-bond acceptors (Lipinski definition) is 9. The molecule has 1 aromatic carbocycles. The molecule has 2 aromatic heterocycles. The van der Waals surface area contributed by atoms with Crippen LogP contribution >= 0.6 is 0 Å². The van der Waals surface area contributed by atoms with E-state index in [-0.39, 0.29) is 16.8 Å². The van der Waals surface area contributed by atoms with Crippen LogP contribution in [-0.4, -0.2) is 53.8 Å². The molecule has 9 nitrogen and oxygen atoms in total. The van der Waals surface area contributed by atoms with E-state index in [1.165, 1.54) is 6.20 Å². The largest absolute Gasteiger partial charge is 0.453 e. The summed E-state index contributed by atoms with van der Waals surface area (Å²) < 4.78 is 35.6. The van der Waals surface area contributed by atoms with Gasteiger partial charge in [-0.15, -0.1) is 0 Å². The van der Waals surface area contributed by atoms with Crippen molar-refractivity contribution in [2.45, 2.75) is 56.5 Å². The van der Waals surface area contributed by atoms with Crippen LogP contribution in [0, 0.1) is 0 Å². The highest BCUT2D eigenvalue weighted by Crippen LogP contribution is 2.30. The van der Waals surface area contributed by atoms with Gasteiger partial charge in [-0.25, -0.2) is 28.2 Å². The summed E-state index contributed by atoms with van der Waals surface area (Å²) in [5, 5.41) is 3.67. The van der Waals surface area contributed by atoms with Crippen LogP contribution in [0.3, 0.4) is 0 Å². The summed E-state index contributed by atoms with van der Waals surface area (Å²) in [6.07, 6.45) is 3.56. The van der Waals surface area contributed by atoms with Gasteiger partial charge in [0.1, 0.15) is 11.6 Å². The zero-order valence-corrected chi connectivity index (χ0v) is 20.4. The number of nitrogens with one attached hydrogen (secondary N) is 1. The number of sulfone groups is 1. The number of aromatic nitrogens is 3. The van der Waals surface area contributed by atoms with Gasteiger partial charge in [-0.2, -0.15) is 0 Å². The van der Waals surface area contributed by atoms with Gasteiger partial charge in [0, 0.05) is 17.8 Å². The Morgan fingerprint density at radius 1 is 1.24 bits per heavy atom. The first-order valence-corrected chi connectivity index (χ1v) is 13.0. The molecule has 1 unspecified atom stereocenters. The zero-order valence-electron chi connectivity index (χ0n) is 19.6. The maximum absolute atomic E-state index is 12.5. The van der Waals surface area contributed by atoms with Crippen molar-refractivity contribution in [3.05, 3.63) is 53.9 Å². The predicted molar refractivity (Wildman–Crippen MR) is 127 cm³/mol. The molecule has 1 fully saturated rings.